The fourth-order valence-corrected chi connectivity index (χ4v) is 3.13. The van der Waals surface area contributed by atoms with Gasteiger partial charge in [0, 0.05) is 23.9 Å². The van der Waals surface area contributed by atoms with E-state index in [-0.39, 0.29) is 34.7 Å². The van der Waals surface area contributed by atoms with Crippen LogP contribution in [0.1, 0.15) is 38.2 Å². The Labute approximate surface area is 178 Å². The van der Waals surface area contributed by atoms with Crippen LogP contribution in [0, 0.1) is 5.92 Å². The van der Waals surface area contributed by atoms with E-state index in [9.17, 15) is 18.0 Å². The molecule has 0 saturated carbocycles. The Morgan fingerprint density at radius 2 is 1.97 bits per heavy atom. The number of hydrogen-bond acceptors (Lipinski definition) is 5. The van der Waals surface area contributed by atoms with Crippen LogP contribution in [-0.4, -0.2) is 41.7 Å². The quantitative estimate of drug-likeness (QED) is 0.548. The minimum Gasteiger partial charge on any atom is -0.496 e. The highest BCUT2D eigenvalue weighted by Crippen LogP contribution is 2.39. The third kappa shape index (κ3) is 5.38. The predicted octanol–water partition coefficient (Wildman–Crippen LogP) is 5.41. The van der Waals surface area contributed by atoms with Crippen molar-refractivity contribution in [2.75, 3.05) is 19.0 Å². The Morgan fingerprint density at radius 1 is 1.30 bits per heavy atom. The van der Waals surface area contributed by atoms with Crippen LogP contribution in [0.3, 0.4) is 0 Å². The van der Waals surface area contributed by atoms with Crippen molar-refractivity contribution in [3.63, 3.8) is 0 Å². The lowest BCUT2D eigenvalue weighted by atomic mass is 10.1. The van der Waals surface area contributed by atoms with Crippen LogP contribution in [-0.2, 0) is 11.3 Å². The molecule has 1 atom stereocenters. The van der Waals surface area contributed by atoms with Gasteiger partial charge in [-0.25, -0.2) is 4.79 Å². The summed E-state index contributed by atoms with van der Waals surface area (Å²) in [6, 6.07) is 2.79. The largest absolute Gasteiger partial charge is 0.496 e. The number of aromatic nitrogens is 2. The van der Waals surface area contributed by atoms with E-state index in [0.29, 0.717) is 17.8 Å². The first-order valence-corrected chi connectivity index (χ1v) is 9.82. The standard InChI is InChI=1S/C20H25ClF3N3O3/c1-6-30-19(28)17-16(21)18(27(26-17)10-11(2)3)14-8-7-13(9-15(14)29-5)25-12(4)20(22,23)24/h7-9,11-12,25H,6,10H2,1-5H3/t12-/m1/s1. The van der Waals surface area contributed by atoms with Crippen LogP contribution in [0.2, 0.25) is 5.02 Å². The zero-order valence-corrected chi connectivity index (χ0v) is 18.2. The van der Waals surface area contributed by atoms with Crippen molar-refractivity contribution in [1.82, 2.24) is 9.78 Å². The first-order chi connectivity index (χ1) is 14.0. The molecule has 10 heteroatoms. The molecule has 0 saturated heterocycles. The van der Waals surface area contributed by atoms with Gasteiger partial charge in [0.05, 0.1) is 19.4 Å². The highest BCUT2D eigenvalue weighted by molar-refractivity contribution is 6.36. The third-order valence-corrected chi connectivity index (χ3v) is 4.59. The fraction of sp³-hybridized carbons (Fsp3) is 0.500. The van der Waals surface area contributed by atoms with Crippen molar-refractivity contribution in [3.05, 3.63) is 28.9 Å². The van der Waals surface area contributed by atoms with Gasteiger partial charge in [-0.2, -0.15) is 18.3 Å². The lowest BCUT2D eigenvalue weighted by Gasteiger charge is -2.20. The molecule has 0 fully saturated rings. The van der Waals surface area contributed by atoms with Crippen LogP contribution in [0.25, 0.3) is 11.3 Å². The van der Waals surface area contributed by atoms with Crippen LogP contribution < -0.4 is 10.1 Å². The summed E-state index contributed by atoms with van der Waals surface area (Å²) in [6.45, 7) is 7.29. The maximum Gasteiger partial charge on any atom is 0.408 e. The molecule has 0 aliphatic carbocycles. The van der Waals surface area contributed by atoms with Gasteiger partial charge in [-0.15, -0.1) is 0 Å². The molecule has 0 bridgehead atoms. The van der Waals surface area contributed by atoms with Gasteiger partial charge in [-0.05, 0) is 31.9 Å². The van der Waals surface area contributed by atoms with Gasteiger partial charge < -0.3 is 14.8 Å². The van der Waals surface area contributed by atoms with E-state index < -0.39 is 18.2 Å². The zero-order valence-electron chi connectivity index (χ0n) is 17.4. The molecule has 0 aliphatic heterocycles. The number of esters is 1. The smallest absolute Gasteiger partial charge is 0.408 e. The number of carbonyl (C=O) groups excluding carboxylic acids is 1. The lowest BCUT2D eigenvalue weighted by molar-refractivity contribution is -0.138. The SMILES string of the molecule is CCOC(=O)c1nn(CC(C)C)c(-c2ccc(N[C@H](C)C(F)(F)F)cc2OC)c1Cl. The maximum absolute atomic E-state index is 12.9. The third-order valence-electron chi connectivity index (χ3n) is 4.23. The van der Waals surface area contributed by atoms with Gasteiger partial charge in [0.1, 0.15) is 16.8 Å². The van der Waals surface area contributed by atoms with E-state index in [2.05, 4.69) is 10.4 Å². The molecule has 30 heavy (non-hydrogen) atoms. The molecule has 2 aromatic rings. The van der Waals surface area contributed by atoms with Gasteiger partial charge in [-0.1, -0.05) is 25.4 Å². The summed E-state index contributed by atoms with van der Waals surface area (Å²) in [5.41, 5.74) is 1.14. The van der Waals surface area contributed by atoms with E-state index >= 15 is 0 Å². The number of hydrogen-bond donors (Lipinski definition) is 1. The number of nitrogens with one attached hydrogen (secondary N) is 1. The van der Waals surface area contributed by atoms with Crippen molar-refractivity contribution < 1.29 is 27.4 Å². The summed E-state index contributed by atoms with van der Waals surface area (Å²) in [6.07, 6.45) is -4.39. The molecule has 0 amide bonds. The molecule has 6 nitrogen and oxygen atoms in total. The van der Waals surface area contributed by atoms with E-state index in [0.717, 1.165) is 6.92 Å². The molecule has 0 spiro atoms. The molecule has 2 rings (SSSR count). The number of alkyl halides is 3. The number of rotatable bonds is 8. The predicted molar refractivity (Wildman–Crippen MR) is 109 cm³/mol. The number of halogens is 4. The number of benzene rings is 1. The van der Waals surface area contributed by atoms with Crippen LogP contribution in [0.5, 0.6) is 5.75 Å². The Bertz CT molecular complexity index is 897. The second-order valence-corrected chi connectivity index (χ2v) is 7.51. The summed E-state index contributed by atoms with van der Waals surface area (Å²) >= 11 is 6.49. The average molecular weight is 448 g/mol. The monoisotopic (exact) mass is 447 g/mol. The Hall–Kier alpha value is -2.42. The molecule has 1 heterocycles. The summed E-state index contributed by atoms with van der Waals surface area (Å²) in [5.74, 6) is -0.173. The fourth-order valence-electron chi connectivity index (χ4n) is 2.81. The minimum absolute atomic E-state index is 0.0240. The second kappa shape index (κ2) is 9.59. The molecular formula is C20H25ClF3N3O3. The Morgan fingerprint density at radius 3 is 2.50 bits per heavy atom. The van der Waals surface area contributed by atoms with Crippen molar-refractivity contribution >= 4 is 23.3 Å². The average Bonchev–Trinajstić information content (AvgIpc) is 2.96. The van der Waals surface area contributed by atoms with Crippen LogP contribution in [0.15, 0.2) is 18.2 Å². The number of anilines is 1. The van der Waals surface area contributed by atoms with Crippen LogP contribution in [0.4, 0.5) is 18.9 Å². The summed E-state index contributed by atoms with van der Waals surface area (Å²) in [7, 11) is 1.40. The van der Waals surface area contributed by atoms with E-state index in [1.807, 2.05) is 13.8 Å². The normalized spacial score (nSPS) is 12.7. The number of carbonyl (C=O) groups is 1. The van der Waals surface area contributed by atoms with Gasteiger partial charge in [0.15, 0.2) is 5.69 Å². The molecule has 166 valence electrons. The van der Waals surface area contributed by atoms with Gasteiger partial charge >= 0.3 is 12.1 Å². The van der Waals surface area contributed by atoms with Crippen molar-refractivity contribution in [2.24, 2.45) is 5.92 Å². The Kier molecular flexibility index (Phi) is 7.63. The van der Waals surface area contributed by atoms with E-state index in [4.69, 9.17) is 21.1 Å². The van der Waals surface area contributed by atoms with Gasteiger partial charge in [0.25, 0.3) is 0 Å². The zero-order chi connectivity index (χ0) is 22.6. The van der Waals surface area contributed by atoms with Crippen LogP contribution >= 0.6 is 11.6 Å². The number of methoxy groups -OCH3 is 1. The number of ether oxygens (including phenoxy) is 2. The summed E-state index contributed by atoms with van der Waals surface area (Å²) in [5, 5.41) is 6.81. The molecular weight excluding hydrogens is 423 g/mol. The summed E-state index contributed by atoms with van der Waals surface area (Å²) < 4.78 is 50.6. The van der Waals surface area contributed by atoms with Crippen molar-refractivity contribution in [2.45, 2.75) is 46.5 Å². The Balaban J connectivity index is 2.54. The molecule has 0 aliphatic rings. The molecule has 1 aromatic carbocycles. The molecule has 0 unspecified atom stereocenters. The molecule has 1 N–H and O–H groups in total. The minimum atomic E-state index is -4.39. The molecule has 0 radical (unpaired) electrons. The maximum atomic E-state index is 12.9. The number of nitrogens with zero attached hydrogens (tertiary/aromatic N) is 2. The summed E-state index contributed by atoms with van der Waals surface area (Å²) in [4.78, 5) is 12.2. The van der Waals surface area contributed by atoms with Gasteiger partial charge in [-0.3, -0.25) is 4.68 Å². The van der Waals surface area contributed by atoms with E-state index in [1.165, 1.54) is 19.2 Å². The van der Waals surface area contributed by atoms with Gasteiger partial charge in [0.2, 0.25) is 0 Å². The highest BCUT2D eigenvalue weighted by Gasteiger charge is 2.36. The van der Waals surface area contributed by atoms with Crippen molar-refractivity contribution in [1.29, 1.82) is 0 Å². The topological polar surface area (TPSA) is 65.4 Å². The molecule has 1 aromatic heterocycles. The first-order valence-electron chi connectivity index (χ1n) is 9.44. The van der Waals surface area contributed by atoms with E-state index in [1.54, 1.807) is 17.7 Å². The second-order valence-electron chi connectivity index (χ2n) is 7.13. The lowest BCUT2D eigenvalue weighted by Crippen LogP contribution is -2.33. The highest BCUT2D eigenvalue weighted by atomic mass is 35.5. The van der Waals surface area contributed by atoms with Crippen molar-refractivity contribution in [3.8, 4) is 17.0 Å². The first kappa shape index (κ1) is 23.9.